The molecule has 0 spiro atoms. The Morgan fingerprint density at radius 1 is 0.889 bits per heavy atom. The Balaban J connectivity index is 1.20. The summed E-state index contributed by atoms with van der Waals surface area (Å²) >= 11 is 1.82. The van der Waals surface area contributed by atoms with Crippen LogP contribution in [0.5, 0.6) is 0 Å². The van der Waals surface area contributed by atoms with E-state index in [-0.39, 0.29) is 11.8 Å². The first-order valence-corrected chi connectivity index (χ1v) is 13.5. The number of nitrogens with zero attached hydrogens (tertiary/aromatic N) is 2. The van der Waals surface area contributed by atoms with Gasteiger partial charge in [-0.3, -0.25) is 9.59 Å². The fraction of sp³-hybridized carbons (Fsp3) is 0.310. The van der Waals surface area contributed by atoms with Gasteiger partial charge in [0.25, 0.3) is 11.8 Å². The Morgan fingerprint density at radius 3 is 2.56 bits per heavy atom. The molecule has 2 heterocycles. The van der Waals surface area contributed by atoms with Crippen LogP contribution in [0.2, 0.25) is 0 Å². The molecule has 0 aromatic heterocycles. The van der Waals surface area contributed by atoms with Gasteiger partial charge in [0, 0.05) is 54.4 Å². The maximum absolute atomic E-state index is 12.9. The van der Waals surface area contributed by atoms with Crippen LogP contribution in [0, 0.1) is 0 Å². The molecule has 186 valence electrons. The Kier molecular flexibility index (Phi) is 7.58. The second kappa shape index (κ2) is 11.2. The summed E-state index contributed by atoms with van der Waals surface area (Å²) < 4.78 is 2.27. The lowest BCUT2D eigenvalue weighted by Crippen LogP contribution is -2.26. The Bertz CT molecular complexity index is 1260. The van der Waals surface area contributed by atoms with E-state index in [1.54, 1.807) is 6.07 Å². The minimum Gasteiger partial charge on any atom is -0.348 e. The van der Waals surface area contributed by atoms with Crippen molar-refractivity contribution in [1.29, 1.82) is 0 Å². The first-order chi connectivity index (χ1) is 17.5. The smallest absolute Gasteiger partial charge is 0.255 e. The molecular formula is C29H32N4O2S. The van der Waals surface area contributed by atoms with Crippen molar-refractivity contribution in [2.24, 2.45) is 0 Å². The Morgan fingerprint density at radius 2 is 1.72 bits per heavy atom. The number of likely N-dealkylation sites (N-methyl/N-ethyl adjacent to an activating group) is 1. The van der Waals surface area contributed by atoms with E-state index in [4.69, 9.17) is 0 Å². The van der Waals surface area contributed by atoms with Gasteiger partial charge >= 0.3 is 0 Å². The lowest BCUT2D eigenvalue weighted by Gasteiger charge is -2.27. The van der Waals surface area contributed by atoms with E-state index in [0.717, 1.165) is 48.7 Å². The zero-order chi connectivity index (χ0) is 24.9. The van der Waals surface area contributed by atoms with Gasteiger partial charge in [-0.15, -0.1) is 0 Å². The van der Waals surface area contributed by atoms with E-state index in [2.05, 4.69) is 45.1 Å². The third-order valence-corrected chi connectivity index (χ3v) is 7.88. The van der Waals surface area contributed by atoms with Crippen LogP contribution in [0.3, 0.4) is 0 Å². The van der Waals surface area contributed by atoms with Crippen LogP contribution in [0.25, 0.3) is 0 Å². The van der Waals surface area contributed by atoms with Gasteiger partial charge in [-0.25, -0.2) is 0 Å². The summed E-state index contributed by atoms with van der Waals surface area (Å²) in [7, 11) is 2.11. The summed E-state index contributed by atoms with van der Waals surface area (Å²) in [6.07, 6.45) is 3.45. The highest BCUT2D eigenvalue weighted by Crippen LogP contribution is 2.28. The second-order valence-electron chi connectivity index (χ2n) is 9.50. The van der Waals surface area contributed by atoms with Crippen molar-refractivity contribution < 1.29 is 9.59 Å². The molecule has 1 saturated heterocycles. The third kappa shape index (κ3) is 5.91. The number of hydrogen-bond donors (Lipinski definition) is 2. The van der Waals surface area contributed by atoms with Crippen LogP contribution in [0.1, 0.15) is 50.2 Å². The highest BCUT2D eigenvalue weighted by Gasteiger charge is 2.16. The lowest BCUT2D eigenvalue weighted by atomic mass is 9.99. The zero-order valence-corrected chi connectivity index (χ0v) is 21.4. The van der Waals surface area contributed by atoms with Gasteiger partial charge in [-0.2, -0.15) is 0 Å². The number of carbonyl (C=O) groups is 2. The maximum Gasteiger partial charge on any atom is 0.255 e. The van der Waals surface area contributed by atoms with Gasteiger partial charge in [-0.1, -0.05) is 24.3 Å². The van der Waals surface area contributed by atoms with Crippen molar-refractivity contribution in [3.63, 3.8) is 0 Å². The van der Waals surface area contributed by atoms with Crippen LogP contribution < -0.4 is 14.9 Å². The number of carbonyl (C=O) groups excluding carboxylic acids is 2. The molecule has 0 saturated carbocycles. The van der Waals surface area contributed by atoms with E-state index in [1.807, 2.05) is 54.4 Å². The summed E-state index contributed by atoms with van der Waals surface area (Å²) in [5.41, 5.74) is 6.58. The van der Waals surface area contributed by atoms with E-state index in [9.17, 15) is 9.59 Å². The van der Waals surface area contributed by atoms with Crippen LogP contribution in [0.15, 0.2) is 66.7 Å². The van der Waals surface area contributed by atoms with E-state index < -0.39 is 0 Å². The molecule has 2 aliphatic heterocycles. The van der Waals surface area contributed by atoms with Gasteiger partial charge in [0.15, 0.2) is 0 Å². The number of rotatable bonds is 6. The molecule has 3 aromatic carbocycles. The van der Waals surface area contributed by atoms with Crippen molar-refractivity contribution in [1.82, 2.24) is 10.2 Å². The topological polar surface area (TPSA) is 64.7 Å². The van der Waals surface area contributed by atoms with Crippen molar-refractivity contribution in [2.75, 3.05) is 35.5 Å². The zero-order valence-electron chi connectivity index (χ0n) is 20.6. The van der Waals surface area contributed by atoms with Gasteiger partial charge in [-0.05, 0) is 97.4 Å². The Labute approximate surface area is 217 Å². The molecule has 0 unspecified atom stereocenters. The molecule has 7 heteroatoms. The summed E-state index contributed by atoms with van der Waals surface area (Å²) in [5.74, 6) is 0.844. The minimum absolute atomic E-state index is 0.118. The lowest BCUT2D eigenvalue weighted by molar-refractivity contribution is 0.0950. The predicted molar refractivity (Wildman–Crippen MR) is 148 cm³/mol. The van der Waals surface area contributed by atoms with E-state index in [1.165, 1.54) is 24.0 Å². The van der Waals surface area contributed by atoms with Crippen LogP contribution >= 0.6 is 11.9 Å². The fourth-order valence-corrected chi connectivity index (χ4v) is 5.76. The molecule has 0 radical (unpaired) electrons. The summed E-state index contributed by atoms with van der Waals surface area (Å²) in [5, 5.41) is 6.03. The van der Waals surface area contributed by atoms with Crippen LogP contribution in [-0.2, 0) is 19.5 Å². The van der Waals surface area contributed by atoms with Gasteiger partial charge in [0.1, 0.15) is 0 Å². The second-order valence-corrected chi connectivity index (χ2v) is 10.6. The predicted octanol–water partition coefficient (Wildman–Crippen LogP) is 5.11. The van der Waals surface area contributed by atoms with E-state index in [0.29, 0.717) is 17.7 Å². The number of amides is 2. The SMILES string of the molecule is CN1CCc2ccc(NC(=O)c3cccc(CNC(=O)c4cccc(N5CCCCS5)c4)c3)cc2C1. The van der Waals surface area contributed by atoms with Crippen LogP contribution in [-0.4, -0.2) is 42.6 Å². The Hall–Kier alpha value is -3.29. The molecule has 0 bridgehead atoms. The molecule has 0 atom stereocenters. The molecular weight excluding hydrogens is 468 g/mol. The van der Waals surface area contributed by atoms with Crippen molar-refractivity contribution in [2.45, 2.75) is 32.4 Å². The standard InChI is InChI=1S/C29H32N4O2S/c1-32-14-12-22-10-11-26(17-25(22)20-32)31-29(35)23-7-4-6-21(16-23)19-30-28(34)24-8-5-9-27(18-24)33-13-2-3-15-36-33/h4-11,16-18H,2-3,12-15,19-20H2,1H3,(H,30,34)(H,31,35). The number of hydrogen-bond acceptors (Lipinski definition) is 5. The van der Waals surface area contributed by atoms with E-state index >= 15 is 0 Å². The quantitative estimate of drug-likeness (QED) is 0.461. The largest absolute Gasteiger partial charge is 0.348 e. The molecule has 2 N–H and O–H groups in total. The number of anilines is 2. The molecule has 5 rings (SSSR count). The highest BCUT2D eigenvalue weighted by atomic mass is 32.2. The van der Waals surface area contributed by atoms with Crippen molar-refractivity contribution >= 4 is 35.1 Å². The average Bonchev–Trinajstić information content (AvgIpc) is 2.92. The van der Waals surface area contributed by atoms with Gasteiger partial charge in [0.05, 0.1) is 0 Å². The van der Waals surface area contributed by atoms with Gasteiger partial charge < -0.3 is 19.8 Å². The number of fused-ring (bicyclic) bond motifs is 1. The van der Waals surface area contributed by atoms with Crippen molar-refractivity contribution in [3.8, 4) is 0 Å². The number of benzene rings is 3. The molecule has 36 heavy (non-hydrogen) atoms. The summed E-state index contributed by atoms with van der Waals surface area (Å²) in [6.45, 7) is 3.32. The summed E-state index contributed by atoms with van der Waals surface area (Å²) in [6, 6.07) is 21.4. The third-order valence-electron chi connectivity index (χ3n) is 6.71. The molecule has 6 nitrogen and oxygen atoms in total. The minimum atomic E-state index is -0.154. The molecule has 2 aliphatic rings. The first-order valence-electron chi connectivity index (χ1n) is 12.5. The monoisotopic (exact) mass is 500 g/mol. The maximum atomic E-state index is 12.9. The molecule has 3 aromatic rings. The fourth-order valence-electron chi connectivity index (χ4n) is 4.69. The number of nitrogens with one attached hydrogen (secondary N) is 2. The molecule has 1 fully saturated rings. The van der Waals surface area contributed by atoms with Crippen molar-refractivity contribution in [3.05, 3.63) is 94.5 Å². The normalized spacial score (nSPS) is 15.8. The molecule has 2 amide bonds. The molecule has 0 aliphatic carbocycles. The highest BCUT2D eigenvalue weighted by molar-refractivity contribution is 8.00. The van der Waals surface area contributed by atoms with Crippen LogP contribution in [0.4, 0.5) is 11.4 Å². The van der Waals surface area contributed by atoms with Gasteiger partial charge in [0.2, 0.25) is 0 Å². The summed E-state index contributed by atoms with van der Waals surface area (Å²) in [4.78, 5) is 28.1. The average molecular weight is 501 g/mol. The first kappa shape index (κ1) is 24.4.